The molecule has 1 aliphatic rings. The van der Waals surface area contributed by atoms with Crippen LogP contribution < -0.4 is 5.43 Å². The van der Waals surface area contributed by atoms with Gasteiger partial charge in [-0.1, -0.05) is 29.8 Å². The van der Waals surface area contributed by atoms with Gasteiger partial charge in [0.1, 0.15) is 11.4 Å². The second-order valence-electron chi connectivity index (χ2n) is 7.49. The van der Waals surface area contributed by atoms with Crippen LogP contribution in [0.5, 0.6) is 0 Å². The molecule has 0 bridgehead atoms. The molecule has 3 aromatic rings. The molecule has 0 saturated carbocycles. The molecule has 4 rings (SSSR count). The summed E-state index contributed by atoms with van der Waals surface area (Å²) in [4.78, 5) is 15.1. The highest BCUT2D eigenvalue weighted by Crippen LogP contribution is 2.19. The molecule has 0 N–H and O–H groups in total. The standard InChI is InChI=1S/C23H24FNO3/c1-16-8-9-22-20(11-16)23(26)18(15-28-22)13-25(14-19-6-4-10-27-19)12-17-5-2-3-7-21(17)24/h2-3,5,7-9,11,15,19H,4,6,10,12-14H2,1H3. The van der Waals surface area contributed by atoms with E-state index in [1.54, 1.807) is 12.1 Å². The molecule has 0 amide bonds. The molecule has 2 aromatic carbocycles. The molecule has 1 aliphatic heterocycles. The third kappa shape index (κ3) is 4.16. The summed E-state index contributed by atoms with van der Waals surface area (Å²) in [6.07, 6.45) is 3.67. The highest BCUT2D eigenvalue weighted by atomic mass is 19.1. The molecular formula is C23H24FNO3. The van der Waals surface area contributed by atoms with Gasteiger partial charge in [-0.25, -0.2) is 4.39 Å². The highest BCUT2D eigenvalue weighted by Gasteiger charge is 2.21. The van der Waals surface area contributed by atoms with Gasteiger partial charge in [-0.15, -0.1) is 0 Å². The quantitative estimate of drug-likeness (QED) is 0.634. The van der Waals surface area contributed by atoms with E-state index in [-0.39, 0.29) is 17.3 Å². The molecule has 146 valence electrons. The first-order valence-corrected chi connectivity index (χ1v) is 9.68. The molecule has 0 aliphatic carbocycles. The summed E-state index contributed by atoms with van der Waals surface area (Å²) in [5.74, 6) is -0.235. The average Bonchev–Trinajstić information content (AvgIpc) is 3.19. The summed E-state index contributed by atoms with van der Waals surface area (Å²) in [6.45, 7) is 4.17. The zero-order valence-corrected chi connectivity index (χ0v) is 16.0. The van der Waals surface area contributed by atoms with Crippen molar-refractivity contribution in [3.05, 3.63) is 81.5 Å². The van der Waals surface area contributed by atoms with Crippen molar-refractivity contribution >= 4 is 11.0 Å². The lowest BCUT2D eigenvalue weighted by Crippen LogP contribution is -2.33. The summed E-state index contributed by atoms with van der Waals surface area (Å²) >= 11 is 0. The molecule has 5 heteroatoms. The predicted molar refractivity (Wildman–Crippen MR) is 107 cm³/mol. The SMILES string of the molecule is Cc1ccc2occ(CN(Cc3ccccc3F)CC3CCCO3)c(=O)c2c1. The van der Waals surface area contributed by atoms with Crippen molar-refractivity contribution in [2.45, 2.75) is 39.0 Å². The summed E-state index contributed by atoms with van der Waals surface area (Å²) in [6, 6.07) is 12.4. The Balaban J connectivity index is 1.63. The van der Waals surface area contributed by atoms with Gasteiger partial charge in [0, 0.05) is 37.4 Å². The maximum absolute atomic E-state index is 14.2. The van der Waals surface area contributed by atoms with Crippen LogP contribution in [-0.4, -0.2) is 24.2 Å². The lowest BCUT2D eigenvalue weighted by Gasteiger charge is -2.25. The van der Waals surface area contributed by atoms with E-state index in [1.165, 1.54) is 12.3 Å². The lowest BCUT2D eigenvalue weighted by molar-refractivity contribution is 0.0672. The molecule has 4 nitrogen and oxygen atoms in total. The van der Waals surface area contributed by atoms with Gasteiger partial charge < -0.3 is 9.15 Å². The van der Waals surface area contributed by atoms with E-state index < -0.39 is 0 Å². The van der Waals surface area contributed by atoms with Crippen LogP contribution in [0.25, 0.3) is 11.0 Å². The number of fused-ring (bicyclic) bond motifs is 1. The van der Waals surface area contributed by atoms with Crippen LogP contribution in [0.4, 0.5) is 4.39 Å². The average molecular weight is 381 g/mol. The molecule has 1 fully saturated rings. The number of hydrogen-bond donors (Lipinski definition) is 0. The van der Waals surface area contributed by atoms with Crippen LogP contribution in [0.3, 0.4) is 0 Å². The third-order valence-corrected chi connectivity index (χ3v) is 5.23. The van der Waals surface area contributed by atoms with Crippen molar-refractivity contribution < 1.29 is 13.5 Å². The zero-order chi connectivity index (χ0) is 19.5. The van der Waals surface area contributed by atoms with Gasteiger partial charge in [0.05, 0.1) is 17.8 Å². The fourth-order valence-corrected chi connectivity index (χ4v) is 3.76. The Kier molecular flexibility index (Phi) is 5.55. The minimum Gasteiger partial charge on any atom is -0.464 e. The van der Waals surface area contributed by atoms with E-state index in [2.05, 4.69) is 4.90 Å². The maximum Gasteiger partial charge on any atom is 0.197 e. The van der Waals surface area contributed by atoms with Crippen molar-refractivity contribution in [3.8, 4) is 0 Å². The van der Waals surface area contributed by atoms with Gasteiger partial charge in [0.25, 0.3) is 0 Å². The minimum atomic E-state index is -0.235. The number of rotatable bonds is 6. The van der Waals surface area contributed by atoms with Crippen molar-refractivity contribution in [2.24, 2.45) is 0 Å². The summed E-state index contributed by atoms with van der Waals surface area (Å²) < 4.78 is 25.7. The van der Waals surface area contributed by atoms with Crippen molar-refractivity contribution in [1.82, 2.24) is 4.90 Å². The largest absolute Gasteiger partial charge is 0.464 e. The van der Waals surface area contributed by atoms with E-state index in [4.69, 9.17) is 9.15 Å². The van der Waals surface area contributed by atoms with E-state index in [0.717, 1.165) is 25.0 Å². The van der Waals surface area contributed by atoms with E-state index in [9.17, 15) is 9.18 Å². The Morgan fingerprint density at radius 2 is 1.96 bits per heavy atom. The van der Waals surface area contributed by atoms with Gasteiger partial charge >= 0.3 is 0 Å². The molecule has 28 heavy (non-hydrogen) atoms. The monoisotopic (exact) mass is 381 g/mol. The van der Waals surface area contributed by atoms with Crippen LogP contribution in [0.15, 0.2) is 57.9 Å². The summed E-state index contributed by atoms with van der Waals surface area (Å²) in [5.41, 5.74) is 2.75. The fraction of sp³-hybridized carbons (Fsp3) is 0.348. The van der Waals surface area contributed by atoms with Crippen LogP contribution in [0.1, 0.15) is 29.5 Å². The number of aryl methyl sites for hydroxylation is 1. The van der Waals surface area contributed by atoms with Crippen LogP contribution in [0.2, 0.25) is 0 Å². The van der Waals surface area contributed by atoms with Crippen LogP contribution in [-0.2, 0) is 17.8 Å². The van der Waals surface area contributed by atoms with Gasteiger partial charge in [-0.05, 0) is 38.0 Å². The highest BCUT2D eigenvalue weighted by molar-refractivity contribution is 5.77. The van der Waals surface area contributed by atoms with Crippen molar-refractivity contribution in [2.75, 3.05) is 13.2 Å². The van der Waals surface area contributed by atoms with Crippen molar-refractivity contribution in [1.29, 1.82) is 0 Å². The third-order valence-electron chi connectivity index (χ3n) is 5.23. The Morgan fingerprint density at radius 1 is 1.14 bits per heavy atom. The Bertz CT molecular complexity index is 1020. The molecule has 0 spiro atoms. The second kappa shape index (κ2) is 8.25. The number of hydrogen-bond acceptors (Lipinski definition) is 4. The van der Waals surface area contributed by atoms with Gasteiger partial charge in [-0.3, -0.25) is 9.69 Å². The Hall–Kier alpha value is -2.50. The predicted octanol–water partition coefficient (Wildman–Crippen LogP) is 4.42. The minimum absolute atomic E-state index is 0.0316. The normalized spacial score (nSPS) is 16.9. The lowest BCUT2D eigenvalue weighted by atomic mass is 10.1. The molecule has 0 radical (unpaired) electrons. The summed E-state index contributed by atoms with van der Waals surface area (Å²) in [5, 5.41) is 0.584. The number of halogens is 1. The molecule has 1 aromatic heterocycles. The molecule has 1 saturated heterocycles. The number of ether oxygens (including phenoxy) is 1. The Labute approximate surface area is 163 Å². The Morgan fingerprint density at radius 3 is 2.75 bits per heavy atom. The smallest absolute Gasteiger partial charge is 0.197 e. The number of benzene rings is 2. The first kappa shape index (κ1) is 18.8. The van der Waals surface area contributed by atoms with Gasteiger partial charge in [-0.2, -0.15) is 0 Å². The molecular weight excluding hydrogens is 357 g/mol. The summed E-state index contributed by atoms with van der Waals surface area (Å²) in [7, 11) is 0. The fourth-order valence-electron chi connectivity index (χ4n) is 3.76. The first-order valence-electron chi connectivity index (χ1n) is 9.68. The van der Waals surface area contributed by atoms with Gasteiger partial charge in [0.2, 0.25) is 0 Å². The number of nitrogens with zero attached hydrogens (tertiary/aromatic N) is 1. The molecule has 1 unspecified atom stereocenters. The maximum atomic E-state index is 14.2. The van der Waals surface area contributed by atoms with Crippen LogP contribution in [0, 0.1) is 12.7 Å². The zero-order valence-electron chi connectivity index (χ0n) is 16.0. The van der Waals surface area contributed by atoms with Gasteiger partial charge in [0.15, 0.2) is 5.43 Å². The molecule has 1 atom stereocenters. The molecule has 2 heterocycles. The topological polar surface area (TPSA) is 42.7 Å². The second-order valence-corrected chi connectivity index (χ2v) is 7.49. The van der Waals surface area contributed by atoms with E-state index in [1.807, 2.05) is 31.2 Å². The first-order chi connectivity index (χ1) is 13.6. The van der Waals surface area contributed by atoms with E-state index in [0.29, 0.717) is 41.7 Å². The van der Waals surface area contributed by atoms with Crippen LogP contribution >= 0.6 is 0 Å². The van der Waals surface area contributed by atoms with E-state index >= 15 is 0 Å². The van der Waals surface area contributed by atoms with Crippen molar-refractivity contribution in [3.63, 3.8) is 0 Å².